The fourth-order valence-corrected chi connectivity index (χ4v) is 3.27. The largest absolute Gasteiger partial charge is 0.457 e. The van der Waals surface area contributed by atoms with E-state index < -0.39 is 65.3 Å². The van der Waals surface area contributed by atoms with E-state index in [0.717, 1.165) is 0 Å². The van der Waals surface area contributed by atoms with Crippen molar-refractivity contribution in [1.82, 2.24) is 0 Å². The minimum atomic E-state index is -1.20. The van der Waals surface area contributed by atoms with Gasteiger partial charge in [0.2, 0.25) is 0 Å². The van der Waals surface area contributed by atoms with Gasteiger partial charge in [-0.05, 0) is 18.8 Å². The van der Waals surface area contributed by atoms with Crippen molar-refractivity contribution in [3.63, 3.8) is 0 Å². The third-order valence-electron chi connectivity index (χ3n) is 5.01. The van der Waals surface area contributed by atoms with Crippen molar-refractivity contribution in [3.8, 4) is 0 Å². The summed E-state index contributed by atoms with van der Waals surface area (Å²) in [7, 11) is 0. The molecule has 0 aromatic carbocycles. The van der Waals surface area contributed by atoms with Crippen LogP contribution in [0, 0.1) is 26.1 Å². The van der Waals surface area contributed by atoms with Crippen LogP contribution >= 0.6 is 0 Å². The molecule has 0 radical (unpaired) electrons. The molecular formula is C17H27N3O12. The number of rotatable bonds is 13. The SMILES string of the molecule is CC(C)C(N)C(=O)OC1CO[C@@H]2C(OC(=O)CCCC(CO[N+](=O)[O-])O[N+](=O)[O-])CO[C@H]12. The Hall–Kier alpha value is -2.78. The predicted octanol–water partition coefficient (Wildman–Crippen LogP) is -0.454. The maximum Gasteiger partial charge on any atom is 0.323 e. The van der Waals surface area contributed by atoms with Gasteiger partial charge in [0.25, 0.3) is 10.2 Å². The minimum Gasteiger partial charge on any atom is -0.457 e. The Morgan fingerprint density at radius 1 is 1.06 bits per heavy atom. The first kappa shape index (κ1) is 25.5. The van der Waals surface area contributed by atoms with Crippen molar-refractivity contribution in [3.05, 3.63) is 20.2 Å². The molecule has 2 rings (SSSR count). The smallest absolute Gasteiger partial charge is 0.323 e. The lowest BCUT2D eigenvalue weighted by Gasteiger charge is -2.20. The summed E-state index contributed by atoms with van der Waals surface area (Å²) >= 11 is 0. The molecule has 2 saturated heterocycles. The van der Waals surface area contributed by atoms with Crippen molar-refractivity contribution < 1.29 is 48.4 Å². The van der Waals surface area contributed by atoms with Gasteiger partial charge in [-0.25, -0.2) is 0 Å². The highest BCUT2D eigenvalue weighted by Crippen LogP contribution is 2.31. The van der Waals surface area contributed by atoms with Gasteiger partial charge in [-0.15, -0.1) is 20.2 Å². The van der Waals surface area contributed by atoms with Crippen molar-refractivity contribution >= 4 is 11.9 Å². The van der Waals surface area contributed by atoms with Gasteiger partial charge in [-0.1, -0.05) is 13.8 Å². The molecule has 6 atom stereocenters. The first-order chi connectivity index (χ1) is 15.1. The summed E-state index contributed by atoms with van der Waals surface area (Å²) in [5.41, 5.74) is 5.78. The Kier molecular flexibility index (Phi) is 9.34. The lowest BCUT2D eigenvalue weighted by Crippen LogP contribution is -2.42. The number of nitrogens with two attached hydrogens (primary N) is 1. The molecule has 2 aliphatic rings. The molecule has 0 saturated carbocycles. The van der Waals surface area contributed by atoms with Crippen LogP contribution in [0.2, 0.25) is 0 Å². The molecule has 32 heavy (non-hydrogen) atoms. The summed E-state index contributed by atoms with van der Waals surface area (Å²) in [6.45, 7) is 3.08. The molecule has 15 heteroatoms. The Morgan fingerprint density at radius 3 is 2.19 bits per heavy atom. The monoisotopic (exact) mass is 465 g/mol. The quantitative estimate of drug-likeness (QED) is 0.208. The summed E-state index contributed by atoms with van der Waals surface area (Å²) in [6.07, 6.45) is -3.82. The van der Waals surface area contributed by atoms with Crippen LogP contribution in [0.15, 0.2) is 0 Å². The highest BCUT2D eigenvalue weighted by Gasteiger charge is 2.51. The number of fused-ring (bicyclic) bond motifs is 1. The second-order valence-electron chi connectivity index (χ2n) is 7.73. The molecule has 0 aromatic rings. The van der Waals surface area contributed by atoms with Crippen molar-refractivity contribution in [1.29, 1.82) is 0 Å². The molecule has 0 aromatic heterocycles. The third kappa shape index (κ3) is 7.42. The van der Waals surface area contributed by atoms with Crippen molar-refractivity contribution in [2.75, 3.05) is 19.8 Å². The fraction of sp³-hybridized carbons (Fsp3) is 0.882. The normalized spacial score (nSPS) is 26.1. The lowest BCUT2D eigenvalue weighted by atomic mass is 10.1. The molecule has 0 spiro atoms. The fourth-order valence-electron chi connectivity index (χ4n) is 3.27. The third-order valence-corrected chi connectivity index (χ3v) is 5.01. The second kappa shape index (κ2) is 11.7. The highest BCUT2D eigenvalue weighted by molar-refractivity contribution is 5.76. The van der Waals surface area contributed by atoms with Crippen LogP contribution in [0.1, 0.15) is 33.1 Å². The molecule has 2 aliphatic heterocycles. The Bertz CT molecular complexity index is 690. The molecule has 0 aliphatic carbocycles. The van der Waals surface area contributed by atoms with Gasteiger partial charge < -0.3 is 34.4 Å². The molecule has 0 amide bonds. The summed E-state index contributed by atoms with van der Waals surface area (Å²) in [6, 6.07) is -0.775. The zero-order valence-electron chi connectivity index (χ0n) is 17.7. The zero-order valence-corrected chi connectivity index (χ0v) is 17.7. The second-order valence-corrected chi connectivity index (χ2v) is 7.73. The maximum absolute atomic E-state index is 12.1. The molecule has 2 N–H and O–H groups in total. The number of esters is 2. The van der Waals surface area contributed by atoms with E-state index in [1.54, 1.807) is 13.8 Å². The Balaban J connectivity index is 1.75. The maximum atomic E-state index is 12.1. The molecule has 0 bridgehead atoms. The number of ether oxygens (including phenoxy) is 4. The van der Waals surface area contributed by atoms with Crippen LogP contribution in [-0.4, -0.2) is 78.5 Å². The van der Waals surface area contributed by atoms with Crippen LogP contribution in [-0.2, 0) is 38.2 Å². The van der Waals surface area contributed by atoms with Gasteiger partial charge in [0.1, 0.15) is 31.0 Å². The molecule has 15 nitrogen and oxygen atoms in total. The van der Waals surface area contributed by atoms with E-state index in [2.05, 4.69) is 9.68 Å². The summed E-state index contributed by atoms with van der Waals surface area (Å²) in [5, 5.41) is 18.5. The zero-order chi connectivity index (χ0) is 23.8. The molecule has 2 heterocycles. The van der Waals surface area contributed by atoms with Crippen LogP contribution in [0.25, 0.3) is 0 Å². The van der Waals surface area contributed by atoms with Crippen molar-refractivity contribution in [2.45, 2.75) is 69.7 Å². The number of hydrogen-bond acceptors (Lipinski definition) is 13. The topological polar surface area (TPSA) is 202 Å². The van der Waals surface area contributed by atoms with E-state index in [1.807, 2.05) is 0 Å². The van der Waals surface area contributed by atoms with Crippen LogP contribution in [0.4, 0.5) is 0 Å². The van der Waals surface area contributed by atoms with E-state index in [9.17, 15) is 29.8 Å². The molecular weight excluding hydrogens is 438 g/mol. The first-order valence-corrected chi connectivity index (χ1v) is 10.1. The van der Waals surface area contributed by atoms with E-state index >= 15 is 0 Å². The summed E-state index contributed by atoms with van der Waals surface area (Å²) in [5.74, 6) is -1.27. The number of carbonyl (C=O) groups excluding carboxylic acids is 2. The van der Waals surface area contributed by atoms with E-state index in [1.165, 1.54) is 0 Å². The minimum absolute atomic E-state index is 0.0399. The highest BCUT2D eigenvalue weighted by atomic mass is 17.0. The van der Waals surface area contributed by atoms with Gasteiger partial charge in [-0.3, -0.25) is 9.59 Å². The van der Waals surface area contributed by atoms with E-state index in [4.69, 9.17) is 24.7 Å². The van der Waals surface area contributed by atoms with Gasteiger partial charge in [0, 0.05) is 6.42 Å². The molecule has 4 unspecified atom stereocenters. The standard InChI is InChI=1S/C17H27N3O12/c1-9(2)14(18)17(22)31-12-8-28-15-11(7-27-16(12)15)30-13(21)5-3-4-10(32-20(25)26)6-29-19(23)24/h9-12,14-16H,3-8,18H2,1-2H3/t10?,11?,12?,14?,15-,16-/m1/s1. The number of hydrogen-bond donors (Lipinski definition) is 1. The average Bonchev–Trinajstić information content (AvgIpc) is 3.28. The van der Waals surface area contributed by atoms with E-state index in [0.29, 0.717) is 0 Å². The number of nitrogens with zero attached hydrogens (tertiary/aromatic N) is 2. The Labute approximate surface area is 182 Å². The first-order valence-electron chi connectivity index (χ1n) is 10.1. The number of carbonyl (C=O) groups is 2. The van der Waals surface area contributed by atoms with Crippen LogP contribution in [0.5, 0.6) is 0 Å². The van der Waals surface area contributed by atoms with Crippen LogP contribution < -0.4 is 5.73 Å². The van der Waals surface area contributed by atoms with Crippen LogP contribution in [0.3, 0.4) is 0 Å². The molecule has 182 valence electrons. The summed E-state index contributed by atoms with van der Waals surface area (Å²) in [4.78, 5) is 53.3. The Morgan fingerprint density at radius 2 is 1.66 bits per heavy atom. The van der Waals surface area contributed by atoms with Gasteiger partial charge in [0.05, 0.1) is 13.2 Å². The van der Waals surface area contributed by atoms with Crippen molar-refractivity contribution in [2.24, 2.45) is 11.7 Å². The molecule has 2 fully saturated rings. The van der Waals surface area contributed by atoms with Gasteiger partial charge in [0.15, 0.2) is 12.2 Å². The van der Waals surface area contributed by atoms with Gasteiger partial charge in [-0.2, -0.15) is 0 Å². The van der Waals surface area contributed by atoms with Gasteiger partial charge >= 0.3 is 11.9 Å². The van der Waals surface area contributed by atoms with E-state index in [-0.39, 0.29) is 38.4 Å². The lowest BCUT2D eigenvalue weighted by molar-refractivity contribution is -0.790. The predicted molar refractivity (Wildman–Crippen MR) is 101 cm³/mol. The average molecular weight is 465 g/mol. The summed E-state index contributed by atoms with van der Waals surface area (Å²) < 4.78 is 21.9.